The van der Waals surface area contributed by atoms with Gasteiger partial charge in [-0.2, -0.15) is 0 Å². The van der Waals surface area contributed by atoms with Crippen molar-refractivity contribution < 1.29 is 28.5 Å². The Hall–Kier alpha value is -3.74. The van der Waals surface area contributed by atoms with E-state index in [0.717, 1.165) is 48.2 Å². The number of carbonyl (C=O) groups is 2. The molecular formula is C33H39NO6. The molecule has 0 bridgehead atoms. The number of hydrogen-bond donors (Lipinski definition) is 1. The highest BCUT2D eigenvalue weighted by Gasteiger charge is 2.42. The highest BCUT2D eigenvalue weighted by molar-refractivity contribution is 6.04. The van der Waals surface area contributed by atoms with Gasteiger partial charge in [0.25, 0.3) is 0 Å². The van der Waals surface area contributed by atoms with Crippen molar-refractivity contribution >= 4 is 11.8 Å². The Morgan fingerprint density at radius 3 is 2.45 bits per heavy atom. The van der Waals surface area contributed by atoms with E-state index in [1.807, 2.05) is 56.3 Å². The van der Waals surface area contributed by atoms with E-state index in [9.17, 15) is 9.59 Å². The van der Waals surface area contributed by atoms with Gasteiger partial charge in [-0.05, 0) is 87.3 Å². The standard InChI is InChI=1S/C33H39NO6/c1-5-39-25-13-9-10-22(16-25)31-30(33(36)40-24-11-7-6-8-12-24)20(2)34-26-17-23(18-27(35)32(26)31)21-14-15-28(37-3)29(19-21)38-4/h9-10,13-16,19,23-24,31,34H,5-8,11-12,17-18H2,1-4H3/t23-,31+/m1/s1. The number of Topliss-reactive ketones (excluding diaryl/α,β-unsaturated/α-hetero) is 1. The van der Waals surface area contributed by atoms with Crippen molar-refractivity contribution in [2.75, 3.05) is 20.8 Å². The number of hydrogen-bond acceptors (Lipinski definition) is 7. The number of carbonyl (C=O) groups excluding carboxylic acids is 2. The molecule has 3 aliphatic rings. The molecule has 7 heteroatoms. The van der Waals surface area contributed by atoms with Crippen molar-refractivity contribution in [1.82, 2.24) is 5.32 Å². The van der Waals surface area contributed by atoms with Gasteiger partial charge < -0.3 is 24.3 Å². The van der Waals surface area contributed by atoms with Crippen molar-refractivity contribution in [3.8, 4) is 17.2 Å². The Morgan fingerprint density at radius 1 is 0.950 bits per heavy atom. The van der Waals surface area contributed by atoms with Gasteiger partial charge in [-0.3, -0.25) is 4.79 Å². The second-order valence-electron chi connectivity index (χ2n) is 10.8. The monoisotopic (exact) mass is 545 g/mol. The molecule has 1 aliphatic heterocycles. The fourth-order valence-electron chi connectivity index (χ4n) is 6.33. The maximum absolute atomic E-state index is 14.0. The third kappa shape index (κ3) is 5.60. The van der Waals surface area contributed by atoms with Crippen LogP contribution < -0.4 is 19.5 Å². The molecule has 1 heterocycles. The lowest BCUT2D eigenvalue weighted by Crippen LogP contribution is -2.37. The number of methoxy groups -OCH3 is 2. The first-order chi connectivity index (χ1) is 19.4. The van der Waals surface area contributed by atoms with Crippen LogP contribution in [0.4, 0.5) is 0 Å². The molecule has 7 nitrogen and oxygen atoms in total. The van der Waals surface area contributed by atoms with E-state index < -0.39 is 5.92 Å². The zero-order valence-corrected chi connectivity index (χ0v) is 23.9. The lowest BCUT2D eigenvalue weighted by Gasteiger charge is -2.37. The average Bonchev–Trinajstić information content (AvgIpc) is 2.96. The minimum absolute atomic E-state index is 0.0239. The summed E-state index contributed by atoms with van der Waals surface area (Å²) in [5, 5.41) is 3.46. The zero-order valence-electron chi connectivity index (χ0n) is 23.9. The maximum Gasteiger partial charge on any atom is 0.337 e. The number of rotatable bonds is 8. The van der Waals surface area contributed by atoms with Crippen LogP contribution in [-0.4, -0.2) is 38.7 Å². The van der Waals surface area contributed by atoms with Gasteiger partial charge >= 0.3 is 5.97 Å². The number of dihydropyridines is 1. The fourth-order valence-corrected chi connectivity index (χ4v) is 6.33. The van der Waals surface area contributed by atoms with E-state index in [1.165, 1.54) is 6.42 Å². The molecule has 2 aromatic carbocycles. The van der Waals surface area contributed by atoms with Crippen molar-refractivity contribution in [1.29, 1.82) is 0 Å². The summed E-state index contributed by atoms with van der Waals surface area (Å²) in [5.74, 6) is 1.13. The summed E-state index contributed by atoms with van der Waals surface area (Å²) < 4.78 is 22.8. The van der Waals surface area contributed by atoms with E-state index in [1.54, 1.807) is 14.2 Å². The number of allylic oxidation sites excluding steroid dienone is 3. The van der Waals surface area contributed by atoms with E-state index in [4.69, 9.17) is 18.9 Å². The molecule has 0 spiro atoms. The first kappa shape index (κ1) is 27.8. The predicted octanol–water partition coefficient (Wildman–Crippen LogP) is 6.34. The number of ketones is 1. The Balaban J connectivity index is 1.53. The highest BCUT2D eigenvalue weighted by atomic mass is 16.5. The molecule has 0 unspecified atom stereocenters. The largest absolute Gasteiger partial charge is 0.494 e. The Bertz CT molecular complexity index is 1340. The van der Waals surface area contributed by atoms with Crippen molar-refractivity contribution in [3.05, 3.63) is 76.1 Å². The number of nitrogens with one attached hydrogen (secondary N) is 1. The van der Waals surface area contributed by atoms with Gasteiger partial charge in [0, 0.05) is 29.3 Å². The van der Waals surface area contributed by atoms with Gasteiger partial charge in [0.05, 0.1) is 26.4 Å². The van der Waals surface area contributed by atoms with Crippen LogP contribution >= 0.6 is 0 Å². The Morgan fingerprint density at radius 2 is 1.73 bits per heavy atom. The van der Waals surface area contributed by atoms with Gasteiger partial charge in [-0.15, -0.1) is 0 Å². The van der Waals surface area contributed by atoms with Crippen LogP contribution in [0.15, 0.2) is 65.0 Å². The first-order valence-electron chi connectivity index (χ1n) is 14.3. The van der Waals surface area contributed by atoms with Crippen LogP contribution in [-0.2, 0) is 14.3 Å². The predicted molar refractivity (Wildman–Crippen MR) is 153 cm³/mol. The molecule has 2 aromatic rings. The first-order valence-corrected chi connectivity index (χ1v) is 14.3. The molecule has 0 aromatic heterocycles. The molecule has 1 saturated carbocycles. The van der Waals surface area contributed by atoms with E-state index in [0.29, 0.717) is 47.8 Å². The van der Waals surface area contributed by atoms with E-state index in [2.05, 4.69) is 5.32 Å². The van der Waals surface area contributed by atoms with Crippen LogP contribution in [0.3, 0.4) is 0 Å². The molecule has 0 saturated heterocycles. The molecule has 0 radical (unpaired) electrons. The minimum Gasteiger partial charge on any atom is -0.494 e. The van der Waals surface area contributed by atoms with Crippen LogP contribution in [0, 0.1) is 0 Å². The molecule has 5 rings (SSSR count). The SMILES string of the molecule is CCOc1cccc([C@H]2C(C(=O)OC3CCCCC3)=C(C)NC3=C2C(=O)C[C@H](c2ccc(OC)c(OC)c2)C3)c1. The molecule has 212 valence electrons. The van der Waals surface area contributed by atoms with Crippen LogP contribution in [0.1, 0.15) is 81.8 Å². The molecule has 2 atom stereocenters. The second kappa shape index (κ2) is 12.2. The average molecular weight is 546 g/mol. The summed E-state index contributed by atoms with van der Waals surface area (Å²) in [5.41, 5.74) is 4.61. The smallest absolute Gasteiger partial charge is 0.337 e. The molecule has 1 fully saturated rings. The van der Waals surface area contributed by atoms with Crippen LogP contribution in [0.2, 0.25) is 0 Å². The maximum atomic E-state index is 14.0. The lowest BCUT2D eigenvalue weighted by molar-refractivity contribution is -0.146. The minimum atomic E-state index is -0.522. The topological polar surface area (TPSA) is 83.1 Å². The number of benzene rings is 2. The molecule has 0 amide bonds. The summed E-state index contributed by atoms with van der Waals surface area (Å²) in [6.07, 6.45) is 5.98. The Kier molecular flexibility index (Phi) is 8.48. The molecule has 40 heavy (non-hydrogen) atoms. The molecular weight excluding hydrogens is 506 g/mol. The van der Waals surface area contributed by atoms with Gasteiger partial charge in [-0.25, -0.2) is 4.79 Å². The van der Waals surface area contributed by atoms with Crippen LogP contribution in [0.5, 0.6) is 17.2 Å². The number of esters is 1. The van der Waals surface area contributed by atoms with Gasteiger partial charge in [0.15, 0.2) is 17.3 Å². The Labute approximate surface area is 236 Å². The zero-order chi connectivity index (χ0) is 28.2. The molecule has 2 aliphatic carbocycles. The second-order valence-corrected chi connectivity index (χ2v) is 10.8. The van der Waals surface area contributed by atoms with Crippen molar-refractivity contribution in [2.45, 2.75) is 76.7 Å². The van der Waals surface area contributed by atoms with Gasteiger partial charge in [0.2, 0.25) is 0 Å². The van der Waals surface area contributed by atoms with Gasteiger partial charge in [0.1, 0.15) is 11.9 Å². The van der Waals surface area contributed by atoms with E-state index in [-0.39, 0.29) is 23.8 Å². The van der Waals surface area contributed by atoms with Gasteiger partial charge in [-0.1, -0.05) is 24.6 Å². The molecule has 1 N–H and O–H groups in total. The van der Waals surface area contributed by atoms with Crippen molar-refractivity contribution in [3.63, 3.8) is 0 Å². The number of ether oxygens (including phenoxy) is 4. The van der Waals surface area contributed by atoms with E-state index >= 15 is 0 Å². The summed E-state index contributed by atoms with van der Waals surface area (Å²) in [6, 6.07) is 13.5. The summed E-state index contributed by atoms with van der Waals surface area (Å²) in [6.45, 7) is 4.37. The third-order valence-electron chi connectivity index (χ3n) is 8.25. The van der Waals surface area contributed by atoms with Crippen molar-refractivity contribution in [2.24, 2.45) is 0 Å². The van der Waals surface area contributed by atoms with Crippen LogP contribution in [0.25, 0.3) is 0 Å². The fraction of sp³-hybridized carbons (Fsp3) is 0.455. The summed E-state index contributed by atoms with van der Waals surface area (Å²) in [7, 11) is 3.22. The summed E-state index contributed by atoms with van der Waals surface area (Å²) in [4.78, 5) is 27.7. The third-order valence-corrected chi connectivity index (χ3v) is 8.25. The lowest BCUT2D eigenvalue weighted by atomic mass is 9.71. The summed E-state index contributed by atoms with van der Waals surface area (Å²) >= 11 is 0. The highest BCUT2D eigenvalue weighted by Crippen LogP contribution is 2.47. The normalized spacial score (nSPS) is 21.4. The quantitative estimate of drug-likeness (QED) is 0.388.